The van der Waals surface area contributed by atoms with Crippen LogP contribution in [0.3, 0.4) is 0 Å². The van der Waals surface area contributed by atoms with Gasteiger partial charge in [-0.15, -0.1) is 0 Å². The average molecular weight is 327 g/mol. The third-order valence-electron chi connectivity index (χ3n) is 2.90. The zero-order valence-corrected chi connectivity index (χ0v) is 12.8. The quantitative estimate of drug-likeness (QED) is 0.716. The number of aryl methyl sites for hydroxylation is 1. The Morgan fingerprint density at radius 2 is 2.00 bits per heavy atom. The second-order valence-corrected chi connectivity index (χ2v) is 6.37. The lowest BCUT2D eigenvalue weighted by Crippen LogP contribution is -2.25. The van der Waals surface area contributed by atoms with E-state index in [0.29, 0.717) is 13.1 Å². The van der Waals surface area contributed by atoms with E-state index in [0.717, 1.165) is 5.69 Å². The van der Waals surface area contributed by atoms with Gasteiger partial charge in [-0.3, -0.25) is 0 Å². The monoisotopic (exact) mass is 327 g/mol. The van der Waals surface area contributed by atoms with Crippen LogP contribution in [0.2, 0.25) is 0 Å². The molecule has 1 aromatic heterocycles. The smallest absolute Gasteiger partial charge is 0.349 e. The number of alkyl halides is 3. The Balaban J connectivity index is 2.70. The first kappa shape index (κ1) is 18.0. The molecule has 9 heteroatoms. The third-order valence-corrected chi connectivity index (χ3v) is 4.33. The Bertz CT molecular complexity index is 553. The molecule has 0 saturated heterocycles. The Morgan fingerprint density at radius 3 is 2.52 bits per heavy atom. The van der Waals surface area contributed by atoms with Crippen LogP contribution in [0.4, 0.5) is 13.2 Å². The maximum absolute atomic E-state index is 12.0. The highest BCUT2D eigenvalue weighted by Crippen LogP contribution is 2.21. The summed E-state index contributed by atoms with van der Waals surface area (Å²) >= 11 is 0. The molecule has 0 aliphatic heterocycles. The summed E-state index contributed by atoms with van der Waals surface area (Å²) in [5.74, 6) is 0. The van der Waals surface area contributed by atoms with Crippen molar-refractivity contribution in [3.8, 4) is 0 Å². The van der Waals surface area contributed by atoms with Crippen LogP contribution >= 0.6 is 0 Å². The minimum Gasteiger partial charge on any atom is -0.349 e. The van der Waals surface area contributed by atoms with Crippen molar-refractivity contribution in [1.82, 2.24) is 14.6 Å². The standard InChI is InChI=1S/C12H20F3N3O2S/c1-3-18-9-11(7-10(18)8-16-2)21(19,20)17-6-4-5-12(13,14)15/h7,9,16-17H,3-6,8H2,1-2H3. The summed E-state index contributed by atoms with van der Waals surface area (Å²) < 4.78 is 64.0. The van der Waals surface area contributed by atoms with Gasteiger partial charge in [0.2, 0.25) is 10.0 Å². The molecule has 1 rings (SSSR count). The normalized spacial score (nSPS) is 12.8. The fourth-order valence-corrected chi connectivity index (χ4v) is 3.01. The van der Waals surface area contributed by atoms with Crippen LogP contribution in [0.1, 0.15) is 25.5 Å². The molecule has 122 valence electrons. The summed E-state index contributed by atoms with van der Waals surface area (Å²) in [6.45, 7) is 2.77. The molecule has 0 aliphatic carbocycles. The van der Waals surface area contributed by atoms with E-state index >= 15 is 0 Å². The molecule has 0 unspecified atom stereocenters. The molecule has 0 aliphatic rings. The van der Waals surface area contributed by atoms with Crippen LogP contribution in [0, 0.1) is 0 Å². The average Bonchev–Trinajstić information content (AvgIpc) is 2.78. The predicted molar refractivity (Wildman–Crippen MR) is 73.3 cm³/mol. The summed E-state index contributed by atoms with van der Waals surface area (Å²) in [4.78, 5) is 0.0709. The molecule has 0 radical (unpaired) electrons. The van der Waals surface area contributed by atoms with Crippen molar-refractivity contribution in [3.63, 3.8) is 0 Å². The van der Waals surface area contributed by atoms with E-state index in [1.54, 1.807) is 11.6 Å². The van der Waals surface area contributed by atoms with Crippen LogP contribution in [-0.4, -0.2) is 32.8 Å². The zero-order chi connectivity index (χ0) is 16.1. The van der Waals surface area contributed by atoms with Crippen molar-refractivity contribution in [1.29, 1.82) is 0 Å². The van der Waals surface area contributed by atoms with Crippen molar-refractivity contribution in [2.75, 3.05) is 13.6 Å². The zero-order valence-electron chi connectivity index (χ0n) is 12.0. The van der Waals surface area contributed by atoms with E-state index in [9.17, 15) is 21.6 Å². The Kier molecular flexibility index (Phi) is 6.24. The molecule has 1 heterocycles. The molecule has 21 heavy (non-hydrogen) atoms. The highest BCUT2D eigenvalue weighted by molar-refractivity contribution is 7.89. The van der Waals surface area contributed by atoms with Crippen LogP contribution < -0.4 is 10.0 Å². The van der Waals surface area contributed by atoms with E-state index < -0.39 is 22.6 Å². The maximum atomic E-state index is 12.0. The van der Waals surface area contributed by atoms with Crippen molar-refractivity contribution in [2.24, 2.45) is 0 Å². The topological polar surface area (TPSA) is 63.1 Å². The molecule has 1 aromatic rings. The van der Waals surface area contributed by atoms with Gasteiger partial charge in [0.15, 0.2) is 0 Å². The summed E-state index contributed by atoms with van der Waals surface area (Å²) in [5, 5.41) is 2.93. The highest BCUT2D eigenvalue weighted by atomic mass is 32.2. The fraction of sp³-hybridized carbons (Fsp3) is 0.667. The lowest BCUT2D eigenvalue weighted by atomic mass is 10.3. The van der Waals surface area contributed by atoms with Gasteiger partial charge < -0.3 is 9.88 Å². The minimum atomic E-state index is -4.27. The molecule has 5 nitrogen and oxygen atoms in total. The van der Waals surface area contributed by atoms with Crippen molar-refractivity contribution < 1.29 is 21.6 Å². The molecule has 0 atom stereocenters. The van der Waals surface area contributed by atoms with Crippen LogP contribution in [0.15, 0.2) is 17.2 Å². The molecule has 0 bridgehead atoms. The summed E-state index contributed by atoms with van der Waals surface area (Å²) in [5.41, 5.74) is 0.802. The number of sulfonamides is 1. The van der Waals surface area contributed by atoms with E-state index in [-0.39, 0.29) is 17.9 Å². The summed E-state index contributed by atoms with van der Waals surface area (Å²) in [6, 6.07) is 1.52. The van der Waals surface area contributed by atoms with E-state index in [2.05, 4.69) is 10.0 Å². The number of nitrogens with one attached hydrogen (secondary N) is 2. The lowest BCUT2D eigenvalue weighted by Gasteiger charge is -2.07. The van der Waals surface area contributed by atoms with Crippen LogP contribution in [0.25, 0.3) is 0 Å². The third kappa shape index (κ3) is 5.68. The van der Waals surface area contributed by atoms with Gasteiger partial charge in [0.25, 0.3) is 0 Å². The predicted octanol–water partition coefficient (Wildman–Crippen LogP) is 1.85. The van der Waals surface area contributed by atoms with Gasteiger partial charge in [-0.2, -0.15) is 13.2 Å². The van der Waals surface area contributed by atoms with Gasteiger partial charge in [-0.1, -0.05) is 0 Å². The first-order valence-electron chi connectivity index (χ1n) is 6.59. The largest absolute Gasteiger partial charge is 0.389 e. The first-order chi connectivity index (χ1) is 9.69. The molecule has 0 aromatic carbocycles. The van der Waals surface area contributed by atoms with Crippen LogP contribution in [0.5, 0.6) is 0 Å². The number of hydrogen-bond acceptors (Lipinski definition) is 3. The van der Waals surface area contributed by atoms with E-state index in [4.69, 9.17) is 0 Å². The minimum absolute atomic E-state index is 0.0709. The molecule has 0 spiro atoms. The van der Waals surface area contributed by atoms with Gasteiger partial charge in [-0.05, 0) is 26.5 Å². The molecule has 0 saturated carbocycles. The van der Waals surface area contributed by atoms with Gasteiger partial charge in [0.05, 0.1) is 4.90 Å². The molecule has 0 fully saturated rings. The summed E-state index contributed by atoms with van der Waals surface area (Å²) in [7, 11) is -2.03. The molecule has 2 N–H and O–H groups in total. The van der Waals surface area contributed by atoms with Gasteiger partial charge in [-0.25, -0.2) is 13.1 Å². The van der Waals surface area contributed by atoms with E-state index in [1.165, 1.54) is 12.3 Å². The highest BCUT2D eigenvalue weighted by Gasteiger charge is 2.26. The second kappa shape index (κ2) is 7.28. The summed E-state index contributed by atoms with van der Waals surface area (Å²) in [6.07, 6.45) is -4.06. The van der Waals surface area contributed by atoms with E-state index in [1.807, 2.05) is 6.92 Å². The SMILES string of the molecule is CCn1cc(S(=O)(=O)NCCCC(F)(F)F)cc1CNC. The Labute approximate surface area is 122 Å². The Morgan fingerprint density at radius 1 is 1.33 bits per heavy atom. The Hall–Kier alpha value is -1.06. The van der Waals surface area contributed by atoms with Crippen molar-refractivity contribution >= 4 is 10.0 Å². The van der Waals surface area contributed by atoms with Gasteiger partial charge in [0, 0.05) is 37.9 Å². The van der Waals surface area contributed by atoms with Crippen LogP contribution in [-0.2, 0) is 23.1 Å². The number of nitrogens with zero attached hydrogens (tertiary/aromatic N) is 1. The van der Waals surface area contributed by atoms with Gasteiger partial charge in [0.1, 0.15) is 0 Å². The number of hydrogen-bond donors (Lipinski definition) is 2. The number of rotatable bonds is 8. The van der Waals surface area contributed by atoms with Crippen molar-refractivity contribution in [2.45, 2.75) is 43.9 Å². The maximum Gasteiger partial charge on any atom is 0.389 e. The van der Waals surface area contributed by atoms with Gasteiger partial charge >= 0.3 is 6.18 Å². The van der Waals surface area contributed by atoms with Crippen molar-refractivity contribution in [3.05, 3.63) is 18.0 Å². The lowest BCUT2D eigenvalue weighted by molar-refractivity contribution is -0.135. The molecular weight excluding hydrogens is 307 g/mol. The number of aromatic nitrogens is 1. The first-order valence-corrected chi connectivity index (χ1v) is 8.08. The fourth-order valence-electron chi connectivity index (χ4n) is 1.87. The molecular formula is C12H20F3N3O2S. The molecule has 0 amide bonds. The number of halogens is 3. The second-order valence-electron chi connectivity index (χ2n) is 4.60.